The predicted octanol–water partition coefficient (Wildman–Crippen LogP) is 14.3. The molecule has 0 atom stereocenters. The normalized spacial score (nSPS) is 11.3. The number of aromatic nitrogens is 10. The number of hydrogen-bond acceptors (Lipinski definition) is 18. The van der Waals surface area contributed by atoms with Crippen LogP contribution in [0.3, 0.4) is 0 Å². The third kappa shape index (κ3) is 22.3. The molecule has 11 aromatic carbocycles. The van der Waals surface area contributed by atoms with Crippen molar-refractivity contribution in [3.63, 3.8) is 0 Å². The van der Waals surface area contributed by atoms with Crippen molar-refractivity contribution < 1.29 is 38.2 Å². The molecule has 5 aromatic heterocycles. The molecule has 23 heteroatoms. The second-order valence-electron chi connectivity index (χ2n) is 30.8. The fraction of sp³-hybridized carbons (Fsp3) is 0.225. The molecule has 5 heterocycles. The molecule has 1 aliphatic rings. The molecule has 0 aliphatic heterocycles. The van der Waals surface area contributed by atoms with E-state index in [0.717, 1.165) is 103 Å². The van der Waals surface area contributed by atoms with E-state index in [2.05, 4.69) is 48.8 Å². The Hall–Kier alpha value is -14.9. The van der Waals surface area contributed by atoms with E-state index in [-0.39, 0.29) is 88.8 Å². The fourth-order valence-electron chi connectivity index (χ4n) is 15.7. The molecular weight excluding hydrogens is 1570 g/mol. The van der Waals surface area contributed by atoms with Crippen LogP contribution < -0.4 is 42.0 Å². The van der Waals surface area contributed by atoms with Crippen molar-refractivity contribution in [3.8, 4) is 17.2 Å². The van der Waals surface area contributed by atoms with E-state index in [0.29, 0.717) is 99.0 Å². The van der Waals surface area contributed by atoms with Gasteiger partial charge in [-0.1, -0.05) is 200 Å². The average Bonchev–Trinajstić information content (AvgIpc) is 1.16. The van der Waals surface area contributed by atoms with Gasteiger partial charge in [-0.15, -0.1) is 0 Å². The number of H-pyrrole nitrogens is 1. The molecule has 632 valence electrons. The number of aryl methyl sites for hydroxylation is 8. The molecule has 125 heavy (non-hydrogen) atoms. The number of benzene rings is 11. The molecule has 0 spiro atoms. The molecular formula is C102H96N10O13. The average molecular weight is 1670 g/mol. The summed E-state index contributed by atoms with van der Waals surface area (Å²) >= 11 is 0. The topological polar surface area (TPSA) is 298 Å². The lowest BCUT2D eigenvalue weighted by Gasteiger charge is -2.10. The van der Waals surface area contributed by atoms with Crippen molar-refractivity contribution in [2.75, 3.05) is 21.3 Å². The van der Waals surface area contributed by atoms with Gasteiger partial charge in [0, 0.05) is 87.2 Å². The van der Waals surface area contributed by atoms with Gasteiger partial charge in [0.05, 0.1) is 109 Å². The third-order valence-electron chi connectivity index (χ3n) is 22.0. The van der Waals surface area contributed by atoms with Gasteiger partial charge < -0.3 is 14.2 Å². The van der Waals surface area contributed by atoms with Crippen LogP contribution in [0.5, 0.6) is 17.2 Å². The highest BCUT2D eigenvalue weighted by Crippen LogP contribution is 2.30. The van der Waals surface area contributed by atoms with Gasteiger partial charge in [0.1, 0.15) is 34.7 Å². The Bertz CT molecular complexity index is 7010. The first-order chi connectivity index (χ1) is 60.6. The van der Waals surface area contributed by atoms with E-state index in [1.165, 1.54) is 36.3 Å². The van der Waals surface area contributed by atoms with E-state index in [1.807, 2.05) is 200 Å². The van der Waals surface area contributed by atoms with Gasteiger partial charge >= 0.3 is 0 Å². The van der Waals surface area contributed by atoms with Crippen LogP contribution in [0.2, 0.25) is 0 Å². The number of aromatic amines is 1. The Kier molecular flexibility index (Phi) is 29.3. The Morgan fingerprint density at radius 1 is 0.320 bits per heavy atom. The number of ketones is 5. The lowest BCUT2D eigenvalue weighted by molar-refractivity contribution is -0.119. The van der Waals surface area contributed by atoms with Gasteiger partial charge in [0.15, 0.2) is 11.5 Å². The molecule has 1 N–H and O–H groups in total. The first-order valence-corrected chi connectivity index (χ1v) is 41.4. The summed E-state index contributed by atoms with van der Waals surface area (Å²) in [5.74, 6) is 2.62. The second-order valence-corrected chi connectivity index (χ2v) is 30.8. The van der Waals surface area contributed by atoms with Crippen molar-refractivity contribution in [2.45, 2.75) is 103 Å². The first kappa shape index (κ1) is 87.9. The highest BCUT2D eigenvalue weighted by molar-refractivity contribution is 5.96. The second kappa shape index (κ2) is 41.6. The summed E-state index contributed by atoms with van der Waals surface area (Å²) in [5, 5.41) is 32.7. The maximum absolute atomic E-state index is 12.7. The molecule has 16 aromatic rings. The van der Waals surface area contributed by atoms with Crippen LogP contribution >= 0.6 is 0 Å². The molecule has 0 unspecified atom stereocenters. The number of carbonyl (C=O) groups is 5. The Morgan fingerprint density at radius 3 is 1.22 bits per heavy atom. The Balaban J connectivity index is 0.000000134. The quantitative estimate of drug-likeness (QED) is 0.0527. The minimum Gasteiger partial charge on any atom is -0.497 e. The summed E-state index contributed by atoms with van der Waals surface area (Å²) in [6.07, 6.45) is 8.81. The summed E-state index contributed by atoms with van der Waals surface area (Å²) in [5.41, 5.74) is 10.5. The molecule has 23 nitrogen and oxygen atoms in total. The zero-order valence-corrected chi connectivity index (χ0v) is 70.9. The Morgan fingerprint density at radius 2 is 0.720 bits per heavy atom. The van der Waals surface area contributed by atoms with E-state index in [9.17, 15) is 47.9 Å². The van der Waals surface area contributed by atoms with Gasteiger partial charge in [-0.3, -0.25) is 47.9 Å². The molecule has 0 amide bonds. The minimum absolute atomic E-state index is 0.0523. The number of fused-ring (bicyclic) bond motifs is 7. The van der Waals surface area contributed by atoms with Crippen LogP contribution in [0, 0.1) is 0 Å². The fourth-order valence-corrected chi connectivity index (χ4v) is 15.7. The van der Waals surface area contributed by atoms with Gasteiger partial charge in [-0.25, -0.2) is 23.8 Å². The van der Waals surface area contributed by atoms with Crippen molar-refractivity contribution in [1.29, 1.82) is 0 Å². The van der Waals surface area contributed by atoms with Crippen molar-refractivity contribution in [2.24, 2.45) is 28.2 Å². The van der Waals surface area contributed by atoms with Crippen LogP contribution in [0.4, 0.5) is 0 Å². The van der Waals surface area contributed by atoms with E-state index < -0.39 is 0 Å². The molecule has 0 saturated heterocycles. The summed E-state index contributed by atoms with van der Waals surface area (Å²) in [6.45, 7) is 0. The number of Topliss-reactive ketones (excluding diaryl/α,β-unsaturated/α-hetero) is 5. The molecule has 0 bridgehead atoms. The summed E-state index contributed by atoms with van der Waals surface area (Å²) in [7, 11) is 11.3. The van der Waals surface area contributed by atoms with Gasteiger partial charge in [0.25, 0.3) is 27.8 Å². The lowest BCUT2D eigenvalue weighted by atomic mass is 9.98. The van der Waals surface area contributed by atoms with E-state index >= 15 is 0 Å². The summed E-state index contributed by atoms with van der Waals surface area (Å²) in [6, 6.07) is 80.1. The SMILES string of the molecule is COc1ccc(CC(=O)Cc2nn(C)c(=O)c3ccccc23)cc1.COc1ccc(CCCC(=O)Cc2nn(C)c(=O)c3ccccc23)cc1OC.Cn1nc(CC(=O)Cc2ccc3c(c2)CCC3)c2ccccc2c1=O.Cn1nc(CC(=O)Cc2cccc3ccccc23)c2ccccc2c1=O.O=C(CCc1ccccc1)Cc1n[nH]c(=O)c2ccccc12. The lowest BCUT2D eigenvalue weighted by Crippen LogP contribution is -2.22. The number of methoxy groups -OCH3 is 3. The van der Waals surface area contributed by atoms with Crippen molar-refractivity contribution >= 4 is 93.6 Å². The molecule has 0 saturated carbocycles. The first-order valence-electron chi connectivity index (χ1n) is 41.4. The van der Waals surface area contributed by atoms with Crippen molar-refractivity contribution in [3.05, 3.63) is 374 Å². The monoisotopic (exact) mass is 1670 g/mol. The molecule has 17 rings (SSSR count). The van der Waals surface area contributed by atoms with Crippen LogP contribution in [0.1, 0.15) is 93.1 Å². The van der Waals surface area contributed by atoms with E-state index in [4.69, 9.17) is 14.2 Å². The number of carbonyl (C=O) groups excluding carboxylic acids is 5. The summed E-state index contributed by atoms with van der Waals surface area (Å²) in [4.78, 5) is 123. The van der Waals surface area contributed by atoms with Gasteiger partial charge in [-0.2, -0.15) is 25.5 Å². The largest absolute Gasteiger partial charge is 0.497 e. The standard InChI is InChI=1S/C22H24N2O4.C22H18N2O2.C21H20N2O2.C19H18N2O3.C18H16N2O2/c1-24-22(26)18-10-5-4-9-17(18)19(23-24)14-16(25)8-6-7-15-11-12-20(27-2)21(13-15)28-3;1-24-22(26)20-12-5-4-11-19(20)21(23-24)14-17(25)13-16-9-6-8-15-7-2-3-10-18(15)16;1-23-21(25)19-8-3-2-7-18(19)20(22-23)13-17(24)12-14-9-10-15-5-4-6-16(15)11-14;1-21-19(23)17-6-4-3-5-16(17)18(20-21)12-14(22)11-13-7-9-15(24-2)10-8-13;21-14(11-10-13-6-2-1-3-7-13)12-17-15-8-4-5-9-16(15)18(22)20-19-17/h4-5,9-13H,6-8,14H2,1-3H3;2-12H,13-14H2,1H3;2-3,7-11H,4-6,12-13H2,1H3;3-10H,11-12H2,1-2H3;1-9H,10-12H2,(H,20,22). The maximum atomic E-state index is 12.7. The number of nitrogens with zero attached hydrogens (tertiary/aromatic N) is 9. The Labute approximate surface area is 720 Å². The predicted molar refractivity (Wildman–Crippen MR) is 488 cm³/mol. The van der Waals surface area contributed by atoms with Crippen molar-refractivity contribution in [1.82, 2.24) is 49.3 Å². The highest BCUT2D eigenvalue weighted by atomic mass is 16.5. The zero-order chi connectivity index (χ0) is 88.0. The van der Waals surface area contributed by atoms with Crippen LogP contribution in [0.15, 0.2) is 279 Å². The number of ether oxygens (including phenoxy) is 3. The molecule has 1 aliphatic carbocycles. The minimum atomic E-state index is -0.226. The molecule has 0 radical (unpaired) electrons. The number of hydrogen-bond donors (Lipinski definition) is 1. The third-order valence-corrected chi connectivity index (χ3v) is 22.0. The summed E-state index contributed by atoms with van der Waals surface area (Å²) < 4.78 is 20.9. The van der Waals surface area contributed by atoms with Crippen LogP contribution in [-0.4, -0.2) is 99.6 Å². The van der Waals surface area contributed by atoms with Crippen LogP contribution in [0.25, 0.3) is 64.6 Å². The van der Waals surface area contributed by atoms with Gasteiger partial charge in [-0.05, 0) is 143 Å². The van der Waals surface area contributed by atoms with Crippen LogP contribution in [-0.2, 0) is 129 Å². The molecule has 0 fully saturated rings. The number of rotatable bonds is 26. The maximum Gasteiger partial charge on any atom is 0.274 e. The smallest absolute Gasteiger partial charge is 0.274 e. The van der Waals surface area contributed by atoms with E-state index in [1.54, 1.807) is 85.9 Å². The zero-order valence-electron chi connectivity index (χ0n) is 70.9. The van der Waals surface area contributed by atoms with Gasteiger partial charge in [0.2, 0.25) is 0 Å². The number of nitrogens with one attached hydrogen (secondary N) is 1. The highest BCUT2D eigenvalue weighted by Gasteiger charge is 2.21.